The van der Waals surface area contributed by atoms with Gasteiger partial charge in [0.25, 0.3) is 5.69 Å². The summed E-state index contributed by atoms with van der Waals surface area (Å²) < 4.78 is 38.0. The Morgan fingerprint density at radius 3 is 2.50 bits per heavy atom. The average Bonchev–Trinajstić information content (AvgIpc) is 2.52. The zero-order chi connectivity index (χ0) is 17.9. The highest BCUT2D eigenvalue weighted by Crippen LogP contribution is 2.30. The topological polar surface area (TPSA) is 67.5 Å². The molecule has 0 unspecified atom stereocenters. The maximum Gasteiger partial charge on any atom is 0.416 e. The van der Waals surface area contributed by atoms with E-state index in [0.717, 1.165) is 18.2 Å². The van der Waals surface area contributed by atoms with E-state index < -0.39 is 16.7 Å². The molecule has 5 nitrogen and oxygen atoms in total. The lowest BCUT2D eigenvalue weighted by atomic mass is 10.1. The molecule has 0 amide bonds. The zero-order valence-electron chi connectivity index (χ0n) is 11.6. The molecule has 0 aliphatic carbocycles. The van der Waals surface area contributed by atoms with Crippen LogP contribution in [-0.4, -0.2) is 10.1 Å². The number of nitro benzene ring substituents is 1. The van der Waals surface area contributed by atoms with Gasteiger partial charge in [-0.15, -0.1) is 0 Å². The number of anilines is 1. The summed E-state index contributed by atoms with van der Waals surface area (Å²) in [5.74, 6) is 0. The molecule has 2 aromatic carbocycles. The fourth-order valence-corrected chi connectivity index (χ4v) is 2.08. The van der Waals surface area contributed by atoms with Crippen molar-refractivity contribution in [3.05, 3.63) is 68.7 Å². The first-order valence-electron chi connectivity index (χ1n) is 6.29. The van der Waals surface area contributed by atoms with E-state index in [1.165, 1.54) is 24.3 Å². The molecule has 1 N–H and O–H groups in total. The summed E-state index contributed by atoms with van der Waals surface area (Å²) in [5.41, 5.74) is 1.65. The van der Waals surface area contributed by atoms with Gasteiger partial charge in [0.15, 0.2) is 5.17 Å². The Balaban J connectivity index is 2.22. The number of nitrogens with zero attached hydrogens (tertiary/aromatic N) is 2. The fourth-order valence-electron chi connectivity index (χ4n) is 1.71. The van der Waals surface area contributed by atoms with Gasteiger partial charge in [0.05, 0.1) is 21.2 Å². The molecule has 10 heteroatoms. The van der Waals surface area contributed by atoms with E-state index in [1.807, 2.05) is 0 Å². The Bertz CT molecular complexity index is 810. The van der Waals surface area contributed by atoms with E-state index in [1.54, 1.807) is 0 Å². The minimum absolute atomic E-state index is 0.0152. The molecule has 24 heavy (non-hydrogen) atoms. The van der Waals surface area contributed by atoms with Gasteiger partial charge in [0.1, 0.15) is 0 Å². The molecule has 0 heterocycles. The van der Waals surface area contributed by atoms with Crippen molar-refractivity contribution in [1.29, 1.82) is 0 Å². The highest BCUT2D eigenvalue weighted by Gasteiger charge is 2.30. The lowest BCUT2D eigenvalue weighted by Crippen LogP contribution is -2.06. The maximum atomic E-state index is 12.7. The minimum atomic E-state index is -4.50. The largest absolute Gasteiger partial charge is 0.416 e. The molecule has 0 fully saturated rings. The van der Waals surface area contributed by atoms with Crippen LogP contribution in [0.15, 0.2) is 47.6 Å². The lowest BCUT2D eigenvalue weighted by molar-refractivity contribution is -0.384. The van der Waals surface area contributed by atoms with Gasteiger partial charge in [-0.2, -0.15) is 18.3 Å². The van der Waals surface area contributed by atoms with E-state index in [2.05, 4.69) is 10.5 Å². The molecule has 0 atom stereocenters. The van der Waals surface area contributed by atoms with Gasteiger partial charge in [0.2, 0.25) is 0 Å². The molecular formula is C14H8Cl2F3N3O2. The summed E-state index contributed by atoms with van der Waals surface area (Å²) in [6.07, 6.45) is -4.50. The Labute approximate surface area is 143 Å². The van der Waals surface area contributed by atoms with E-state index in [4.69, 9.17) is 23.2 Å². The first-order chi connectivity index (χ1) is 11.2. The SMILES string of the molecule is O=[N+]([O-])c1ccc(NN=C(Cl)c2cccc(C(F)(F)F)c2)c(Cl)c1. The highest BCUT2D eigenvalue weighted by atomic mass is 35.5. The monoisotopic (exact) mass is 377 g/mol. The molecule has 0 aliphatic heterocycles. The van der Waals surface area contributed by atoms with Gasteiger partial charge in [0, 0.05) is 17.7 Å². The minimum Gasteiger partial charge on any atom is -0.276 e. The number of hydrogen-bond acceptors (Lipinski definition) is 4. The van der Waals surface area contributed by atoms with Crippen LogP contribution in [0.25, 0.3) is 0 Å². The summed E-state index contributed by atoms with van der Waals surface area (Å²) in [5, 5.41) is 14.1. The van der Waals surface area contributed by atoms with Gasteiger partial charge in [-0.1, -0.05) is 35.3 Å². The molecule has 0 bridgehead atoms. The van der Waals surface area contributed by atoms with Crippen LogP contribution in [-0.2, 0) is 6.18 Å². The normalized spacial score (nSPS) is 12.1. The second kappa shape index (κ2) is 7.06. The quantitative estimate of drug-likeness (QED) is 0.447. The average molecular weight is 378 g/mol. The van der Waals surface area contributed by atoms with E-state index >= 15 is 0 Å². The Morgan fingerprint density at radius 1 is 1.21 bits per heavy atom. The van der Waals surface area contributed by atoms with Crippen LogP contribution < -0.4 is 5.43 Å². The van der Waals surface area contributed by atoms with Crippen LogP contribution in [0.3, 0.4) is 0 Å². The van der Waals surface area contributed by atoms with Crippen LogP contribution in [0.1, 0.15) is 11.1 Å². The van der Waals surface area contributed by atoms with Crippen molar-refractivity contribution in [2.75, 3.05) is 5.43 Å². The maximum absolute atomic E-state index is 12.7. The second-order valence-electron chi connectivity index (χ2n) is 4.51. The first kappa shape index (κ1) is 18.0. The van der Waals surface area contributed by atoms with Gasteiger partial charge >= 0.3 is 6.18 Å². The zero-order valence-corrected chi connectivity index (χ0v) is 13.2. The van der Waals surface area contributed by atoms with Crippen LogP contribution in [0, 0.1) is 10.1 Å². The number of benzene rings is 2. The Morgan fingerprint density at radius 2 is 1.92 bits per heavy atom. The van der Waals surface area contributed by atoms with Crippen molar-refractivity contribution in [2.24, 2.45) is 5.10 Å². The molecule has 0 aromatic heterocycles. The number of rotatable bonds is 4. The smallest absolute Gasteiger partial charge is 0.276 e. The summed E-state index contributed by atoms with van der Waals surface area (Å²) in [4.78, 5) is 10.00. The standard InChI is InChI=1S/C14H8Cl2F3N3O2/c15-11-7-10(22(23)24)4-5-12(11)20-21-13(16)8-2-1-3-9(6-8)14(17,18)19/h1-7,20H. The molecule has 2 rings (SSSR count). The summed E-state index contributed by atoms with van der Waals surface area (Å²) in [7, 11) is 0. The van der Waals surface area contributed by atoms with Crippen LogP contribution in [0.4, 0.5) is 24.5 Å². The molecule has 0 saturated carbocycles. The highest BCUT2D eigenvalue weighted by molar-refractivity contribution is 6.69. The van der Waals surface area contributed by atoms with Crippen molar-refractivity contribution in [1.82, 2.24) is 0 Å². The van der Waals surface area contributed by atoms with Crippen molar-refractivity contribution >= 4 is 39.7 Å². The molecule has 0 radical (unpaired) electrons. The number of hydrazone groups is 1. The third-order valence-electron chi connectivity index (χ3n) is 2.87. The predicted octanol–water partition coefficient (Wildman–Crippen LogP) is 5.28. The van der Waals surface area contributed by atoms with Crippen molar-refractivity contribution in [3.63, 3.8) is 0 Å². The van der Waals surface area contributed by atoms with Gasteiger partial charge in [-0.25, -0.2) is 0 Å². The van der Waals surface area contributed by atoms with Gasteiger partial charge < -0.3 is 0 Å². The first-order valence-corrected chi connectivity index (χ1v) is 7.05. The fraction of sp³-hybridized carbons (Fsp3) is 0.0714. The Kier molecular flexibility index (Phi) is 5.30. The number of alkyl halides is 3. The van der Waals surface area contributed by atoms with Crippen LogP contribution in [0.5, 0.6) is 0 Å². The van der Waals surface area contributed by atoms with Gasteiger partial charge in [-0.3, -0.25) is 15.5 Å². The number of non-ortho nitro benzene ring substituents is 1. The molecule has 0 aliphatic rings. The van der Waals surface area contributed by atoms with E-state index in [-0.39, 0.29) is 27.1 Å². The third kappa shape index (κ3) is 4.36. The van der Waals surface area contributed by atoms with E-state index in [0.29, 0.717) is 0 Å². The Hall–Kier alpha value is -2.32. The van der Waals surface area contributed by atoms with Gasteiger partial charge in [-0.05, 0) is 18.2 Å². The number of halogens is 5. The number of hydrogen-bond donors (Lipinski definition) is 1. The predicted molar refractivity (Wildman–Crippen MR) is 85.6 cm³/mol. The molecule has 0 spiro atoms. The number of nitrogens with one attached hydrogen (secondary N) is 1. The molecule has 126 valence electrons. The van der Waals surface area contributed by atoms with Crippen LogP contribution in [0.2, 0.25) is 5.02 Å². The summed E-state index contributed by atoms with van der Waals surface area (Å²) in [6.45, 7) is 0. The second-order valence-corrected chi connectivity index (χ2v) is 5.28. The van der Waals surface area contributed by atoms with Crippen LogP contribution >= 0.6 is 23.2 Å². The molecule has 2 aromatic rings. The number of nitro groups is 1. The van der Waals surface area contributed by atoms with Crippen molar-refractivity contribution < 1.29 is 18.1 Å². The summed E-state index contributed by atoms with van der Waals surface area (Å²) >= 11 is 11.7. The molecular weight excluding hydrogens is 370 g/mol. The third-order valence-corrected chi connectivity index (χ3v) is 3.48. The summed E-state index contributed by atoms with van der Waals surface area (Å²) in [6, 6.07) is 7.94. The van der Waals surface area contributed by atoms with Crippen molar-refractivity contribution in [3.8, 4) is 0 Å². The lowest BCUT2D eigenvalue weighted by Gasteiger charge is -2.08. The van der Waals surface area contributed by atoms with Crippen molar-refractivity contribution in [2.45, 2.75) is 6.18 Å². The van der Waals surface area contributed by atoms with E-state index in [9.17, 15) is 23.3 Å². The molecule has 0 saturated heterocycles.